The van der Waals surface area contributed by atoms with Crippen molar-refractivity contribution in [3.63, 3.8) is 0 Å². The highest BCUT2D eigenvalue weighted by Crippen LogP contribution is 2.28. The lowest BCUT2D eigenvalue weighted by Crippen LogP contribution is -2.26. The van der Waals surface area contributed by atoms with Gasteiger partial charge in [-0.3, -0.25) is 14.4 Å². The van der Waals surface area contributed by atoms with Crippen LogP contribution in [0.4, 0.5) is 11.4 Å². The number of nitrogens with one attached hydrogen (secondary N) is 4. The third kappa shape index (κ3) is 4.47. The van der Waals surface area contributed by atoms with Gasteiger partial charge in [0.15, 0.2) is 12.3 Å². The average molecular weight is 422 g/mol. The largest absolute Gasteiger partial charge is 0.482 e. The fourth-order valence-electron chi connectivity index (χ4n) is 3.26. The van der Waals surface area contributed by atoms with Crippen molar-refractivity contribution < 1.29 is 19.1 Å². The van der Waals surface area contributed by atoms with E-state index in [1.54, 1.807) is 18.3 Å². The molecule has 3 aromatic rings. The number of nitrogens with zero attached hydrogens (tertiary/aromatic N) is 2. The summed E-state index contributed by atoms with van der Waals surface area (Å²) in [5.74, 6) is -0.125. The Bertz CT molecular complexity index is 1160. The van der Waals surface area contributed by atoms with Gasteiger partial charge in [-0.05, 0) is 24.1 Å². The first-order chi connectivity index (χ1) is 15.0. The molecule has 0 aliphatic carbocycles. The van der Waals surface area contributed by atoms with Gasteiger partial charge in [0.05, 0.1) is 16.9 Å². The Kier molecular flexibility index (Phi) is 5.78. The molecule has 2 aromatic heterocycles. The fourth-order valence-corrected chi connectivity index (χ4v) is 3.26. The number of hydrogen-bond acceptors (Lipinski definition) is 6. The normalized spacial score (nSPS) is 12.6. The zero-order valence-corrected chi connectivity index (χ0v) is 16.9. The van der Waals surface area contributed by atoms with Crippen LogP contribution in [0.2, 0.25) is 0 Å². The number of aromatic nitrogens is 3. The van der Waals surface area contributed by atoms with Crippen LogP contribution in [-0.4, -0.2) is 39.3 Å². The number of carbonyl (C=O) groups excluding carboxylic acids is 3. The number of anilines is 2. The van der Waals surface area contributed by atoms with E-state index in [0.29, 0.717) is 34.6 Å². The quantitative estimate of drug-likeness (QED) is 0.461. The highest BCUT2D eigenvalue weighted by molar-refractivity contribution is 6.07. The topological polar surface area (TPSA) is 138 Å². The molecular formula is C21H22N6O4. The molecule has 0 spiro atoms. The van der Waals surface area contributed by atoms with Crippen LogP contribution in [0.3, 0.4) is 0 Å². The van der Waals surface area contributed by atoms with Gasteiger partial charge in [0, 0.05) is 19.2 Å². The fraction of sp³-hybridized carbons (Fsp3) is 0.286. The maximum absolute atomic E-state index is 12.7. The van der Waals surface area contributed by atoms with E-state index < -0.39 is 5.91 Å². The molecule has 0 saturated heterocycles. The number of rotatable bonds is 7. The molecule has 0 unspecified atom stereocenters. The molecule has 0 fully saturated rings. The second-order valence-corrected chi connectivity index (χ2v) is 7.15. The van der Waals surface area contributed by atoms with E-state index in [1.165, 1.54) is 6.33 Å². The van der Waals surface area contributed by atoms with Gasteiger partial charge in [-0.25, -0.2) is 9.97 Å². The van der Waals surface area contributed by atoms with Crippen molar-refractivity contribution in [2.45, 2.75) is 32.7 Å². The van der Waals surface area contributed by atoms with Gasteiger partial charge in [0.25, 0.3) is 11.8 Å². The monoisotopic (exact) mass is 422 g/mol. The molecule has 160 valence electrons. The van der Waals surface area contributed by atoms with E-state index in [2.05, 4.69) is 30.9 Å². The van der Waals surface area contributed by atoms with Crippen LogP contribution in [0.15, 0.2) is 30.7 Å². The molecule has 3 amide bonds. The Labute approximate surface area is 177 Å². The Morgan fingerprint density at radius 2 is 2.13 bits per heavy atom. The summed E-state index contributed by atoms with van der Waals surface area (Å²) in [5.41, 5.74) is 2.96. The molecular weight excluding hydrogens is 400 g/mol. The lowest BCUT2D eigenvalue weighted by molar-refractivity contribution is -0.118. The number of hydrogen-bond donors (Lipinski definition) is 4. The van der Waals surface area contributed by atoms with Crippen molar-refractivity contribution in [3.8, 4) is 5.75 Å². The molecule has 3 heterocycles. The Hall–Kier alpha value is -3.95. The van der Waals surface area contributed by atoms with Crippen molar-refractivity contribution in [1.29, 1.82) is 0 Å². The number of ether oxygens (including phenoxy) is 1. The minimum Gasteiger partial charge on any atom is -0.482 e. The van der Waals surface area contributed by atoms with Crippen molar-refractivity contribution >= 4 is 40.1 Å². The van der Waals surface area contributed by atoms with E-state index in [9.17, 15) is 14.4 Å². The summed E-state index contributed by atoms with van der Waals surface area (Å²) in [6.45, 7) is 2.24. The molecule has 0 atom stereocenters. The van der Waals surface area contributed by atoms with Crippen molar-refractivity contribution in [1.82, 2.24) is 20.3 Å². The first-order valence-corrected chi connectivity index (χ1v) is 10.0. The van der Waals surface area contributed by atoms with Gasteiger partial charge in [-0.15, -0.1) is 0 Å². The first-order valence-electron chi connectivity index (χ1n) is 10.0. The van der Waals surface area contributed by atoms with Crippen LogP contribution in [0.1, 0.15) is 42.2 Å². The number of amides is 3. The lowest BCUT2D eigenvalue weighted by Gasteiger charge is -2.18. The number of fused-ring (bicyclic) bond motifs is 2. The van der Waals surface area contributed by atoms with Crippen LogP contribution in [-0.2, 0) is 16.1 Å². The summed E-state index contributed by atoms with van der Waals surface area (Å²) in [6, 6.07) is 5.31. The molecule has 4 rings (SSSR count). The Morgan fingerprint density at radius 1 is 1.26 bits per heavy atom. The zero-order chi connectivity index (χ0) is 21.8. The molecule has 31 heavy (non-hydrogen) atoms. The molecule has 10 heteroatoms. The predicted molar refractivity (Wildman–Crippen MR) is 114 cm³/mol. The molecule has 1 aliphatic heterocycles. The highest BCUT2D eigenvalue weighted by atomic mass is 16.5. The van der Waals surface area contributed by atoms with Crippen molar-refractivity contribution in [2.24, 2.45) is 0 Å². The van der Waals surface area contributed by atoms with Crippen LogP contribution in [0, 0.1) is 0 Å². The van der Waals surface area contributed by atoms with E-state index >= 15 is 0 Å². The number of unbranched alkanes of at least 4 members (excludes halogenated alkanes) is 1. The van der Waals surface area contributed by atoms with Crippen LogP contribution in [0.25, 0.3) is 11.0 Å². The maximum Gasteiger partial charge on any atom is 0.272 e. The van der Waals surface area contributed by atoms with E-state index in [4.69, 9.17) is 4.74 Å². The number of benzene rings is 1. The summed E-state index contributed by atoms with van der Waals surface area (Å²) in [7, 11) is 0. The van der Waals surface area contributed by atoms with Crippen LogP contribution >= 0.6 is 0 Å². The minimum absolute atomic E-state index is 0.00993. The van der Waals surface area contributed by atoms with Gasteiger partial charge in [-0.1, -0.05) is 19.4 Å². The zero-order valence-electron chi connectivity index (χ0n) is 16.9. The second-order valence-electron chi connectivity index (χ2n) is 7.15. The smallest absolute Gasteiger partial charge is 0.272 e. The summed E-state index contributed by atoms with van der Waals surface area (Å²) in [6.07, 6.45) is 5.05. The van der Waals surface area contributed by atoms with Gasteiger partial charge < -0.3 is 25.7 Å². The molecule has 1 aromatic carbocycles. The van der Waals surface area contributed by atoms with Gasteiger partial charge in [-0.2, -0.15) is 0 Å². The first kappa shape index (κ1) is 20.3. The van der Waals surface area contributed by atoms with Crippen molar-refractivity contribution in [2.75, 3.05) is 17.2 Å². The summed E-state index contributed by atoms with van der Waals surface area (Å²) < 4.78 is 5.33. The Balaban J connectivity index is 1.46. The number of aromatic amines is 1. The molecule has 0 saturated carbocycles. The third-order valence-electron chi connectivity index (χ3n) is 4.84. The average Bonchev–Trinajstić information content (AvgIpc) is 3.18. The summed E-state index contributed by atoms with van der Waals surface area (Å²) >= 11 is 0. The standard InChI is InChI=1S/C21H22N6O4/c1-2-3-4-16(28)27-14-9-22-19-18(14)24-11-25-20(19)21(30)23-8-12-5-6-15-13(7-12)26-17(29)10-31-15/h5-7,9,11,22H,2-4,8,10H2,1H3,(H,23,30)(H,26,29)(H,27,28). The van der Waals surface area contributed by atoms with Crippen LogP contribution in [0.5, 0.6) is 5.75 Å². The molecule has 0 bridgehead atoms. The SMILES string of the molecule is CCCCC(=O)Nc1c[nH]c2c(C(=O)NCc3ccc4c(c3)NC(=O)CO4)ncnc12. The van der Waals surface area contributed by atoms with Gasteiger partial charge in [0.2, 0.25) is 5.91 Å². The van der Waals surface area contributed by atoms with E-state index in [-0.39, 0.29) is 30.7 Å². The van der Waals surface area contributed by atoms with Gasteiger partial charge in [0.1, 0.15) is 17.6 Å². The second kappa shape index (κ2) is 8.82. The van der Waals surface area contributed by atoms with E-state index in [1.807, 2.05) is 13.0 Å². The minimum atomic E-state index is -0.392. The molecule has 10 nitrogen and oxygen atoms in total. The predicted octanol–water partition coefficient (Wildman–Crippen LogP) is 2.35. The third-order valence-corrected chi connectivity index (χ3v) is 4.84. The van der Waals surface area contributed by atoms with E-state index in [0.717, 1.165) is 18.4 Å². The molecule has 1 aliphatic rings. The Morgan fingerprint density at radius 3 is 2.97 bits per heavy atom. The summed E-state index contributed by atoms with van der Waals surface area (Å²) in [4.78, 5) is 47.5. The van der Waals surface area contributed by atoms with Crippen LogP contribution < -0.4 is 20.7 Å². The molecule has 4 N–H and O–H groups in total. The highest BCUT2D eigenvalue weighted by Gasteiger charge is 2.19. The molecule has 0 radical (unpaired) electrons. The number of H-pyrrole nitrogens is 1. The lowest BCUT2D eigenvalue weighted by atomic mass is 10.1. The maximum atomic E-state index is 12.7. The summed E-state index contributed by atoms with van der Waals surface area (Å²) in [5, 5.41) is 8.37. The number of carbonyl (C=O) groups is 3. The van der Waals surface area contributed by atoms with Crippen molar-refractivity contribution in [3.05, 3.63) is 42.0 Å². The van der Waals surface area contributed by atoms with Gasteiger partial charge >= 0.3 is 0 Å².